The lowest BCUT2D eigenvalue weighted by atomic mass is 10.0. The smallest absolute Gasteiger partial charge is 0.0654 e. The molecule has 18 heavy (non-hydrogen) atoms. The van der Waals surface area contributed by atoms with Gasteiger partial charge in [-0.2, -0.15) is 0 Å². The molecule has 1 aliphatic carbocycles. The molecule has 1 aliphatic rings. The maximum Gasteiger partial charge on any atom is 0.0654 e. The Kier molecular flexibility index (Phi) is 3.28. The van der Waals surface area contributed by atoms with Gasteiger partial charge in [0.2, 0.25) is 0 Å². The first-order chi connectivity index (χ1) is 8.90. The highest BCUT2D eigenvalue weighted by molar-refractivity contribution is 5.84. The average molecular weight is 240 g/mol. The fraction of sp³-hybridized carbons (Fsp3) is 0.438. The van der Waals surface area contributed by atoms with Crippen molar-refractivity contribution >= 4 is 10.8 Å². The minimum Gasteiger partial charge on any atom is -0.308 e. The second-order valence-electron chi connectivity index (χ2n) is 5.19. The Morgan fingerprint density at radius 1 is 1.28 bits per heavy atom. The lowest BCUT2D eigenvalue weighted by Gasteiger charge is -2.19. The van der Waals surface area contributed by atoms with Crippen molar-refractivity contribution in [1.82, 2.24) is 10.3 Å². The third-order valence-electron chi connectivity index (χ3n) is 3.71. The Morgan fingerprint density at radius 3 is 2.89 bits per heavy atom. The molecule has 94 valence electrons. The molecule has 0 radical (unpaired) electrons. The number of benzene rings is 1. The summed E-state index contributed by atoms with van der Waals surface area (Å²) in [6.07, 6.45) is 5.80. The lowest BCUT2D eigenvalue weighted by Crippen LogP contribution is -2.24. The van der Waals surface area contributed by atoms with E-state index in [1.807, 2.05) is 6.20 Å². The van der Waals surface area contributed by atoms with Crippen LogP contribution in [0.1, 0.15) is 37.9 Å². The predicted molar refractivity (Wildman–Crippen MR) is 75.5 cm³/mol. The van der Waals surface area contributed by atoms with Gasteiger partial charge in [-0.05, 0) is 43.2 Å². The first-order valence-corrected chi connectivity index (χ1v) is 6.97. The summed E-state index contributed by atoms with van der Waals surface area (Å²) >= 11 is 0. The van der Waals surface area contributed by atoms with Gasteiger partial charge >= 0.3 is 0 Å². The topological polar surface area (TPSA) is 24.9 Å². The summed E-state index contributed by atoms with van der Waals surface area (Å²) in [7, 11) is 0. The van der Waals surface area contributed by atoms with E-state index in [0.717, 1.165) is 12.5 Å². The molecule has 0 aliphatic heterocycles. The van der Waals surface area contributed by atoms with Gasteiger partial charge in [-0.15, -0.1) is 0 Å². The first-order valence-electron chi connectivity index (χ1n) is 6.97. The van der Waals surface area contributed by atoms with Gasteiger partial charge in [-0.25, -0.2) is 0 Å². The van der Waals surface area contributed by atoms with E-state index < -0.39 is 0 Å². The number of rotatable bonds is 5. The van der Waals surface area contributed by atoms with Crippen LogP contribution in [-0.4, -0.2) is 11.5 Å². The standard InChI is InChI=1S/C16H20N2/c1-2-10-17-15(13-7-8-13)16-14-6-4-3-5-12(14)9-11-18-16/h3-6,9,11,13,15,17H,2,7-8,10H2,1H3. The fourth-order valence-corrected chi connectivity index (χ4v) is 2.61. The minimum atomic E-state index is 0.441. The molecule has 1 aromatic carbocycles. The number of aromatic nitrogens is 1. The van der Waals surface area contributed by atoms with Crippen molar-refractivity contribution < 1.29 is 0 Å². The zero-order chi connectivity index (χ0) is 12.4. The van der Waals surface area contributed by atoms with Crippen LogP contribution in [-0.2, 0) is 0 Å². The number of hydrogen-bond acceptors (Lipinski definition) is 2. The SMILES string of the molecule is CCCNC(c1nccc2ccccc12)C1CC1. The van der Waals surface area contributed by atoms with Gasteiger partial charge < -0.3 is 5.32 Å². The highest BCUT2D eigenvalue weighted by Crippen LogP contribution is 2.41. The van der Waals surface area contributed by atoms with Crippen LogP contribution in [0.4, 0.5) is 0 Å². The van der Waals surface area contributed by atoms with Crippen molar-refractivity contribution in [3.05, 3.63) is 42.2 Å². The minimum absolute atomic E-state index is 0.441. The van der Waals surface area contributed by atoms with Crippen molar-refractivity contribution in [2.75, 3.05) is 6.54 Å². The highest BCUT2D eigenvalue weighted by Gasteiger charge is 2.33. The van der Waals surface area contributed by atoms with Crippen molar-refractivity contribution in [3.8, 4) is 0 Å². The number of fused-ring (bicyclic) bond motifs is 1. The monoisotopic (exact) mass is 240 g/mol. The molecule has 1 saturated carbocycles. The zero-order valence-electron chi connectivity index (χ0n) is 10.9. The Labute approximate surface area is 108 Å². The van der Waals surface area contributed by atoms with Crippen LogP contribution in [0.3, 0.4) is 0 Å². The van der Waals surface area contributed by atoms with Crippen LogP contribution in [0.5, 0.6) is 0 Å². The molecule has 0 bridgehead atoms. The summed E-state index contributed by atoms with van der Waals surface area (Å²) in [5, 5.41) is 6.28. The molecule has 2 nitrogen and oxygen atoms in total. The number of pyridine rings is 1. The Balaban J connectivity index is 2.00. The molecule has 1 atom stereocenters. The van der Waals surface area contributed by atoms with Crippen LogP contribution in [0.2, 0.25) is 0 Å². The number of nitrogens with one attached hydrogen (secondary N) is 1. The maximum atomic E-state index is 4.66. The van der Waals surface area contributed by atoms with Crippen molar-refractivity contribution in [2.24, 2.45) is 5.92 Å². The summed E-state index contributed by atoms with van der Waals surface area (Å²) in [6.45, 7) is 3.29. The summed E-state index contributed by atoms with van der Waals surface area (Å²) in [6, 6.07) is 11.1. The summed E-state index contributed by atoms with van der Waals surface area (Å²) in [4.78, 5) is 4.66. The van der Waals surface area contributed by atoms with Crippen LogP contribution >= 0.6 is 0 Å². The number of nitrogens with zero attached hydrogens (tertiary/aromatic N) is 1. The van der Waals surface area contributed by atoms with Gasteiger partial charge in [0.15, 0.2) is 0 Å². The quantitative estimate of drug-likeness (QED) is 0.862. The molecule has 2 aromatic rings. The van der Waals surface area contributed by atoms with Crippen molar-refractivity contribution in [1.29, 1.82) is 0 Å². The van der Waals surface area contributed by atoms with Gasteiger partial charge in [-0.3, -0.25) is 4.98 Å². The molecular weight excluding hydrogens is 220 g/mol. The van der Waals surface area contributed by atoms with Crippen LogP contribution < -0.4 is 5.32 Å². The summed E-state index contributed by atoms with van der Waals surface area (Å²) in [5.41, 5.74) is 1.24. The van der Waals surface area contributed by atoms with Gasteiger partial charge in [0.05, 0.1) is 11.7 Å². The van der Waals surface area contributed by atoms with E-state index >= 15 is 0 Å². The summed E-state index contributed by atoms with van der Waals surface area (Å²) in [5.74, 6) is 0.787. The third kappa shape index (κ3) is 2.25. The average Bonchev–Trinajstić information content (AvgIpc) is 3.24. The van der Waals surface area contributed by atoms with Gasteiger partial charge in [0.1, 0.15) is 0 Å². The molecule has 2 heteroatoms. The van der Waals surface area contributed by atoms with Crippen molar-refractivity contribution in [2.45, 2.75) is 32.2 Å². The molecule has 0 amide bonds. The zero-order valence-corrected chi connectivity index (χ0v) is 10.9. The molecule has 1 fully saturated rings. The van der Waals surface area contributed by atoms with Gasteiger partial charge in [0, 0.05) is 11.6 Å². The fourth-order valence-electron chi connectivity index (χ4n) is 2.61. The second-order valence-corrected chi connectivity index (χ2v) is 5.19. The van der Waals surface area contributed by atoms with Gasteiger partial charge in [0.25, 0.3) is 0 Å². The van der Waals surface area contributed by atoms with Crippen LogP contribution in [0.15, 0.2) is 36.5 Å². The molecule has 1 unspecified atom stereocenters. The van der Waals surface area contributed by atoms with E-state index in [-0.39, 0.29) is 0 Å². The van der Waals surface area contributed by atoms with E-state index in [1.54, 1.807) is 0 Å². The maximum absolute atomic E-state index is 4.66. The molecule has 1 heterocycles. The predicted octanol–water partition coefficient (Wildman–Crippen LogP) is 3.69. The Morgan fingerprint density at radius 2 is 2.11 bits per heavy atom. The first kappa shape index (κ1) is 11.7. The molecular formula is C16H20N2. The second kappa shape index (κ2) is 5.07. The molecule has 1 aromatic heterocycles. The lowest BCUT2D eigenvalue weighted by molar-refractivity contribution is 0.474. The summed E-state index contributed by atoms with van der Waals surface area (Å²) < 4.78 is 0. The van der Waals surface area contributed by atoms with E-state index in [4.69, 9.17) is 0 Å². The highest BCUT2D eigenvalue weighted by atomic mass is 15.0. The van der Waals surface area contributed by atoms with Crippen LogP contribution in [0.25, 0.3) is 10.8 Å². The van der Waals surface area contributed by atoms with E-state index in [1.165, 1.54) is 35.7 Å². The third-order valence-corrected chi connectivity index (χ3v) is 3.71. The van der Waals surface area contributed by atoms with E-state index in [0.29, 0.717) is 6.04 Å². The molecule has 3 rings (SSSR count). The largest absolute Gasteiger partial charge is 0.308 e. The Bertz CT molecular complexity index is 526. The normalized spacial score (nSPS) is 16.9. The van der Waals surface area contributed by atoms with E-state index in [9.17, 15) is 0 Å². The molecule has 0 spiro atoms. The number of hydrogen-bond donors (Lipinski definition) is 1. The van der Waals surface area contributed by atoms with Crippen molar-refractivity contribution in [3.63, 3.8) is 0 Å². The molecule has 1 N–H and O–H groups in total. The Hall–Kier alpha value is -1.41. The van der Waals surface area contributed by atoms with E-state index in [2.05, 4.69) is 47.6 Å². The van der Waals surface area contributed by atoms with Crippen LogP contribution in [0, 0.1) is 5.92 Å². The molecule has 0 saturated heterocycles. The van der Waals surface area contributed by atoms with Gasteiger partial charge in [-0.1, -0.05) is 31.2 Å².